The van der Waals surface area contributed by atoms with Crippen molar-refractivity contribution in [3.63, 3.8) is 0 Å². The van der Waals surface area contributed by atoms with Crippen LogP contribution in [0, 0.1) is 0 Å². The number of nitrogens with two attached hydrogens (primary N) is 1. The normalized spacial score (nSPS) is 25.8. The molecule has 1 heterocycles. The van der Waals surface area contributed by atoms with Crippen molar-refractivity contribution in [3.8, 4) is 0 Å². The Bertz CT molecular complexity index is 410. The van der Waals surface area contributed by atoms with Crippen molar-refractivity contribution in [1.82, 2.24) is 4.90 Å². The molecule has 18 heavy (non-hydrogen) atoms. The molecule has 98 valence electrons. The molecule has 0 aromatic heterocycles. The summed E-state index contributed by atoms with van der Waals surface area (Å²) < 4.78 is 0. The van der Waals surface area contributed by atoms with E-state index in [1.807, 2.05) is 47.0 Å². The van der Waals surface area contributed by atoms with Gasteiger partial charge in [0.2, 0.25) is 5.91 Å². The average Bonchev–Trinajstić information content (AvgIpc) is 2.41. The Morgan fingerprint density at radius 1 is 1.39 bits per heavy atom. The van der Waals surface area contributed by atoms with Crippen molar-refractivity contribution >= 4 is 17.7 Å². The molecule has 1 aromatic carbocycles. The van der Waals surface area contributed by atoms with Crippen molar-refractivity contribution in [3.05, 3.63) is 35.9 Å². The molecule has 2 rings (SSSR count). The summed E-state index contributed by atoms with van der Waals surface area (Å²) in [7, 11) is 0. The van der Waals surface area contributed by atoms with Gasteiger partial charge in [-0.15, -0.1) is 0 Å². The van der Waals surface area contributed by atoms with Crippen LogP contribution < -0.4 is 5.73 Å². The largest absolute Gasteiger partial charge is 0.336 e. The van der Waals surface area contributed by atoms with Gasteiger partial charge < -0.3 is 10.6 Å². The number of hydrogen-bond acceptors (Lipinski definition) is 3. The first-order chi connectivity index (χ1) is 8.61. The van der Waals surface area contributed by atoms with Crippen LogP contribution in [0.4, 0.5) is 0 Å². The highest BCUT2D eigenvalue weighted by atomic mass is 32.2. The molecular weight excluding hydrogens is 244 g/mol. The third kappa shape index (κ3) is 2.70. The summed E-state index contributed by atoms with van der Waals surface area (Å²) in [5, 5.41) is 0.477. The minimum atomic E-state index is -0.538. The molecule has 3 nitrogen and oxygen atoms in total. The SMILES string of the molecule is CC1SCCN(C(=O)[C@H](N)c2ccccc2)C1C. The van der Waals surface area contributed by atoms with Crippen molar-refractivity contribution in [2.45, 2.75) is 31.2 Å². The summed E-state index contributed by atoms with van der Waals surface area (Å²) >= 11 is 1.92. The van der Waals surface area contributed by atoms with E-state index in [4.69, 9.17) is 5.73 Å². The second-order valence-corrected chi connectivity index (χ2v) is 6.22. The van der Waals surface area contributed by atoms with E-state index in [9.17, 15) is 4.79 Å². The number of rotatable bonds is 2. The molecule has 1 aromatic rings. The second kappa shape index (κ2) is 5.76. The predicted octanol–water partition coefficient (Wildman–Crippen LogP) is 2.04. The fourth-order valence-electron chi connectivity index (χ4n) is 2.23. The highest BCUT2D eigenvalue weighted by Crippen LogP contribution is 2.26. The van der Waals surface area contributed by atoms with Gasteiger partial charge in [-0.3, -0.25) is 4.79 Å². The standard InChI is InChI=1S/C14H20N2OS/c1-10-11(2)18-9-8-16(10)14(17)13(15)12-6-4-3-5-7-12/h3-7,10-11,13H,8-9,15H2,1-2H3/t10?,11?,13-/m1/s1. The maximum absolute atomic E-state index is 12.4. The predicted molar refractivity (Wildman–Crippen MR) is 76.5 cm³/mol. The number of amides is 1. The van der Waals surface area contributed by atoms with Gasteiger partial charge in [-0.05, 0) is 12.5 Å². The number of hydrogen-bond donors (Lipinski definition) is 1. The molecule has 0 saturated carbocycles. The molecule has 0 bridgehead atoms. The number of thioether (sulfide) groups is 1. The van der Waals surface area contributed by atoms with Crippen LogP contribution in [0.25, 0.3) is 0 Å². The van der Waals surface area contributed by atoms with Crippen LogP contribution in [0.3, 0.4) is 0 Å². The monoisotopic (exact) mass is 264 g/mol. The number of nitrogens with zero attached hydrogens (tertiary/aromatic N) is 1. The van der Waals surface area contributed by atoms with Crippen LogP contribution in [0.15, 0.2) is 30.3 Å². The molecule has 1 saturated heterocycles. The first-order valence-electron chi connectivity index (χ1n) is 6.34. The van der Waals surface area contributed by atoms with Crippen molar-refractivity contribution in [2.24, 2.45) is 5.73 Å². The minimum absolute atomic E-state index is 0.0425. The van der Waals surface area contributed by atoms with Gasteiger partial charge in [0.05, 0.1) is 0 Å². The van der Waals surface area contributed by atoms with Gasteiger partial charge in [0, 0.05) is 23.6 Å². The zero-order valence-corrected chi connectivity index (χ0v) is 11.7. The lowest BCUT2D eigenvalue weighted by molar-refractivity contribution is -0.134. The quantitative estimate of drug-likeness (QED) is 0.889. The van der Waals surface area contributed by atoms with Gasteiger partial charge in [0.1, 0.15) is 6.04 Å². The van der Waals surface area contributed by atoms with Crippen LogP contribution in [0.1, 0.15) is 25.5 Å². The van der Waals surface area contributed by atoms with Gasteiger partial charge in [0.25, 0.3) is 0 Å². The Hall–Kier alpha value is -1.00. The molecule has 0 spiro atoms. The van der Waals surface area contributed by atoms with Crippen LogP contribution in [0.5, 0.6) is 0 Å². The molecule has 2 N–H and O–H groups in total. The molecular formula is C14H20N2OS. The Kier molecular flexibility index (Phi) is 4.30. The lowest BCUT2D eigenvalue weighted by Crippen LogP contribution is -2.50. The summed E-state index contributed by atoms with van der Waals surface area (Å²) in [5.41, 5.74) is 6.97. The topological polar surface area (TPSA) is 46.3 Å². The highest BCUT2D eigenvalue weighted by Gasteiger charge is 2.31. The molecule has 0 radical (unpaired) electrons. The van der Waals surface area contributed by atoms with E-state index in [0.717, 1.165) is 17.9 Å². The third-order valence-corrected chi connectivity index (χ3v) is 4.93. The lowest BCUT2D eigenvalue weighted by atomic mass is 10.1. The fraction of sp³-hybridized carbons (Fsp3) is 0.500. The molecule has 1 fully saturated rings. The lowest BCUT2D eigenvalue weighted by Gasteiger charge is -2.38. The van der Waals surface area contributed by atoms with E-state index in [2.05, 4.69) is 13.8 Å². The Morgan fingerprint density at radius 3 is 2.72 bits per heavy atom. The summed E-state index contributed by atoms with van der Waals surface area (Å²) in [6.07, 6.45) is 0. The minimum Gasteiger partial charge on any atom is -0.336 e. The number of carbonyl (C=O) groups excluding carboxylic acids is 1. The van der Waals surface area contributed by atoms with Crippen LogP contribution >= 0.6 is 11.8 Å². The van der Waals surface area contributed by atoms with Crippen molar-refractivity contribution in [1.29, 1.82) is 0 Å². The van der Waals surface area contributed by atoms with Crippen molar-refractivity contribution in [2.75, 3.05) is 12.3 Å². The number of benzene rings is 1. The van der Waals surface area contributed by atoms with E-state index >= 15 is 0 Å². The van der Waals surface area contributed by atoms with Gasteiger partial charge in [-0.2, -0.15) is 11.8 Å². The zero-order valence-electron chi connectivity index (χ0n) is 10.9. The smallest absolute Gasteiger partial charge is 0.244 e. The third-order valence-electron chi connectivity index (χ3n) is 3.59. The first-order valence-corrected chi connectivity index (χ1v) is 7.38. The Labute approximate surface area is 113 Å². The van der Waals surface area contributed by atoms with E-state index in [1.54, 1.807) is 0 Å². The van der Waals surface area contributed by atoms with Gasteiger partial charge in [0.15, 0.2) is 0 Å². The Balaban J connectivity index is 2.11. The van der Waals surface area contributed by atoms with E-state index in [-0.39, 0.29) is 11.9 Å². The molecule has 1 aliphatic rings. The maximum atomic E-state index is 12.4. The second-order valence-electron chi connectivity index (χ2n) is 4.74. The summed E-state index contributed by atoms with van der Waals surface area (Å²) in [4.78, 5) is 14.4. The van der Waals surface area contributed by atoms with Gasteiger partial charge >= 0.3 is 0 Å². The van der Waals surface area contributed by atoms with Crippen molar-refractivity contribution < 1.29 is 4.79 Å². The Morgan fingerprint density at radius 2 is 2.06 bits per heavy atom. The number of carbonyl (C=O) groups is 1. The van der Waals surface area contributed by atoms with Gasteiger partial charge in [-0.25, -0.2) is 0 Å². The average molecular weight is 264 g/mol. The molecule has 2 unspecified atom stereocenters. The summed E-state index contributed by atoms with van der Waals surface area (Å²) in [6.45, 7) is 5.07. The molecule has 3 atom stereocenters. The zero-order chi connectivity index (χ0) is 13.1. The first kappa shape index (κ1) is 13.4. The molecule has 1 aliphatic heterocycles. The maximum Gasteiger partial charge on any atom is 0.244 e. The molecule has 4 heteroatoms. The summed E-state index contributed by atoms with van der Waals surface area (Å²) in [6, 6.07) is 9.31. The molecule has 0 aliphatic carbocycles. The van der Waals surface area contributed by atoms with E-state index in [0.29, 0.717) is 5.25 Å². The van der Waals surface area contributed by atoms with E-state index < -0.39 is 6.04 Å². The van der Waals surface area contributed by atoms with E-state index in [1.165, 1.54) is 0 Å². The van der Waals surface area contributed by atoms with Crippen LogP contribution in [0.2, 0.25) is 0 Å². The van der Waals surface area contributed by atoms with Gasteiger partial charge in [-0.1, -0.05) is 37.3 Å². The van der Waals surface area contributed by atoms with Crippen LogP contribution in [-0.2, 0) is 4.79 Å². The summed E-state index contributed by atoms with van der Waals surface area (Å²) in [5.74, 6) is 1.04. The molecule has 1 amide bonds. The van der Waals surface area contributed by atoms with Crippen LogP contribution in [-0.4, -0.2) is 34.4 Å². The highest BCUT2D eigenvalue weighted by molar-refractivity contribution is 8.00. The fourth-order valence-corrected chi connectivity index (χ4v) is 3.33.